The van der Waals surface area contributed by atoms with Crippen LogP contribution in [0.2, 0.25) is 0 Å². The molecule has 1 saturated heterocycles. The summed E-state index contributed by atoms with van der Waals surface area (Å²) in [5, 5.41) is 3.02. The van der Waals surface area contributed by atoms with Crippen molar-refractivity contribution < 1.29 is 14.4 Å². The molecule has 0 saturated carbocycles. The van der Waals surface area contributed by atoms with Crippen LogP contribution in [0.3, 0.4) is 0 Å². The van der Waals surface area contributed by atoms with Crippen LogP contribution in [0.1, 0.15) is 48.1 Å². The van der Waals surface area contributed by atoms with Crippen molar-refractivity contribution in [3.05, 3.63) is 64.1 Å². The number of nitrogens with one attached hydrogen (secondary N) is 1. The van der Waals surface area contributed by atoms with Gasteiger partial charge in [-0.1, -0.05) is 35.0 Å². The molecule has 3 amide bonds. The van der Waals surface area contributed by atoms with E-state index in [2.05, 4.69) is 21.2 Å². The summed E-state index contributed by atoms with van der Waals surface area (Å²) in [4.78, 5) is 37.3. The van der Waals surface area contributed by atoms with Crippen molar-refractivity contribution in [3.8, 4) is 0 Å². The van der Waals surface area contributed by atoms with E-state index in [0.717, 1.165) is 16.5 Å². The predicted molar refractivity (Wildman–Crippen MR) is 103 cm³/mol. The fourth-order valence-corrected chi connectivity index (χ4v) is 3.25. The van der Waals surface area contributed by atoms with Crippen LogP contribution in [0, 0.1) is 0 Å². The molecule has 1 heterocycles. The molecule has 1 fully saturated rings. The van der Waals surface area contributed by atoms with E-state index in [1.54, 1.807) is 24.3 Å². The Morgan fingerprint density at radius 2 is 1.62 bits per heavy atom. The largest absolute Gasteiger partial charge is 0.345 e. The van der Waals surface area contributed by atoms with E-state index in [4.69, 9.17) is 0 Å². The maximum absolute atomic E-state index is 12.5. The third-order valence-corrected chi connectivity index (χ3v) is 4.95. The topological polar surface area (TPSA) is 66.5 Å². The lowest BCUT2D eigenvalue weighted by Crippen LogP contribution is -2.29. The summed E-state index contributed by atoms with van der Waals surface area (Å²) >= 11 is 3.41. The average molecular weight is 415 g/mol. The molecule has 2 aromatic rings. The molecule has 1 atom stereocenters. The van der Waals surface area contributed by atoms with E-state index in [1.165, 1.54) is 4.90 Å². The van der Waals surface area contributed by atoms with Gasteiger partial charge in [0.15, 0.2) is 0 Å². The Morgan fingerprint density at radius 3 is 2.15 bits per heavy atom. The molecule has 6 heteroatoms. The van der Waals surface area contributed by atoms with Crippen LogP contribution in [0.15, 0.2) is 53.0 Å². The van der Waals surface area contributed by atoms with Crippen LogP contribution in [0.5, 0.6) is 0 Å². The number of carbonyl (C=O) groups excluding carboxylic acids is 3. The molecule has 0 spiro atoms. The number of amides is 3. The van der Waals surface area contributed by atoms with Crippen LogP contribution < -0.4 is 10.2 Å². The molecule has 1 unspecified atom stereocenters. The lowest BCUT2D eigenvalue weighted by atomic mass is 10.0. The number of anilines is 1. The Morgan fingerprint density at radius 1 is 1.04 bits per heavy atom. The van der Waals surface area contributed by atoms with Gasteiger partial charge < -0.3 is 5.32 Å². The number of benzene rings is 2. The van der Waals surface area contributed by atoms with Gasteiger partial charge in [-0.25, -0.2) is 0 Å². The van der Waals surface area contributed by atoms with Gasteiger partial charge in [0.1, 0.15) is 0 Å². The number of nitrogens with zero attached hydrogens (tertiary/aromatic N) is 1. The fourth-order valence-electron chi connectivity index (χ4n) is 2.98. The Hall–Kier alpha value is -2.47. The van der Waals surface area contributed by atoms with E-state index in [1.807, 2.05) is 31.2 Å². The highest BCUT2D eigenvalue weighted by Crippen LogP contribution is 2.24. The highest BCUT2D eigenvalue weighted by molar-refractivity contribution is 9.10. The van der Waals surface area contributed by atoms with E-state index >= 15 is 0 Å². The molecule has 3 rings (SSSR count). The van der Waals surface area contributed by atoms with Gasteiger partial charge in [0, 0.05) is 22.9 Å². The van der Waals surface area contributed by atoms with Crippen LogP contribution in [0.4, 0.5) is 5.69 Å². The lowest BCUT2D eigenvalue weighted by Gasteiger charge is -2.18. The number of hydrogen-bond donors (Lipinski definition) is 1. The summed E-state index contributed by atoms with van der Waals surface area (Å²) in [7, 11) is 0. The minimum Gasteiger partial charge on any atom is -0.345 e. The van der Waals surface area contributed by atoms with Crippen molar-refractivity contribution >= 4 is 39.3 Å². The van der Waals surface area contributed by atoms with E-state index in [9.17, 15) is 14.4 Å². The van der Waals surface area contributed by atoms with E-state index in [-0.39, 0.29) is 36.6 Å². The third-order valence-electron chi connectivity index (χ3n) is 4.43. The molecule has 0 aromatic heterocycles. The number of rotatable bonds is 5. The maximum atomic E-state index is 12.5. The molecule has 26 heavy (non-hydrogen) atoms. The number of hydrogen-bond acceptors (Lipinski definition) is 3. The highest BCUT2D eigenvalue weighted by Gasteiger charge is 2.30. The van der Waals surface area contributed by atoms with Gasteiger partial charge in [0.05, 0.1) is 11.7 Å². The molecule has 1 aliphatic heterocycles. The second kappa shape index (κ2) is 7.83. The Kier molecular flexibility index (Phi) is 5.52. The first-order valence-corrected chi connectivity index (χ1v) is 9.31. The minimum absolute atomic E-state index is 0.0861. The second-order valence-electron chi connectivity index (χ2n) is 6.16. The third kappa shape index (κ3) is 3.85. The first-order valence-electron chi connectivity index (χ1n) is 8.51. The molecular formula is C20H19BrN2O3. The van der Waals surface area contributed by atoms with Crippen LogP contribution in [-0.4, -0.2) is 17.7 Å². The molecule has 0 aliphatic carbocycles. The van der Waals surface area contributed by atoms with Gasteiger partial charge in [0.2, 0.25) is 11.8 Å². The summed E-state index contributed by atoms with van der Waals surface area (Å²) in [6.45, 7) is 2.01. The molecule has 1 aliphatic rings. The first-order chi connectivity index (χ1) is 12.5. The van der Waals surface area contributed by atoms with Crippen LogP contribution in [-0.2, 0) is 9.59 Å². The van der Waals surface area contributed by atoms with Crippen molar-refractivity contribution in [2.24, 2.45) is 0 Å². The van der Waals surface area contributed by atoms with Gasteiger partial charge in [-0.05, 0) is 48.4 Å². The van der Waals surface area contributed by atoms with E-state index < -0.39 is 0 Å². The number of halogens is 1. The zero-order valence-electron chi connectivity index (χ0n) is 14.4. The summed E-state index contributed by atoms with van der Waals surface area (Å²) in [6, 6.07) is 14.3. The van der Waals surface area contributed by atoms with Crippen molar-refractivity contribution in [2.75, 3.05) is 4.90 Å². The molecular weight excluding hydrogens is 396 g/mol. The molecule has 2 aromatic carbocycles. The molecule has 5 nitrogen and oxygen atoms in total. The molecule has 0 bridgehead atoms. The molecule has 0 radical (unpaired) electrons. The fraction of sp³-hybridized carbons (Fsp3) is 0.250. The van der Waals surface area contributed by atoms with Crippen molar-refractivity contribution in [1.82, 2.24) is 5.32 Å². The number of carbonyl (C=O) groups is 3. The summed E-state index contributed by atoms with van der Waals surface area (Å²) < 4.78 is 0.990. The maximum Gasteiger partial charge on any atom is 0.251 e. The van der Waals surface area contributed by atoms with Gasteiger partial charge in [0.25, 0.3) is 5.91 Å². The van der Waals surface area contributed by atoms with Crippen LogP contribution in [0.25, 0.3) is 0 Å². The Labute approximate surface area is 160 Å². The standard InChI is InChI=1S/C20H19BrN2O3/c1-2-17(13-3-7-15(21)8-4-13)22-20(26)14-5-9-16(10-6-14)23-18(24)11-12-19(23)25/h3-10,17H,2,11-12H2,1H3,(H,22,26). The zero-order valence-corrected chi connectivity index (χ0v) is 16.0. The summed E-state index contributed by atoms with van der Waals surface area (Å²) in [6.07, 6.45) is 1.25. The van der Waals surface area contributed by atoms with Gasteiger partial charge in [-0.15, -0.1) is 0 Å². The lowest BCUT2D eigenvalue weighted by molar-refractivity contribution is -0.121. The minimum atomic E-state index is -0.200. The normalized spacial score (nSPS) is 15.2. The predicted octanol–water partition coefficient (Wildman–Crippen LogP) is 3.98. The van der Waals surface area contributed by atoms with Crippen molar-refractivity contribution in [3.63, 3.8) is 0 Å². The second-order valence-corrected chi connectivity index (χ2v) is 7.07. The zero-order chi connectivity index (χ0) is 18.7. The summed E-state index contributed by atoms with van der Waals surface area (Å²) in [5.41, 5.74) is 2.03. The SMILES string of the molecule is CCC(NC(=O)c1ccc(N2C(=O)CCC2=O)cc1)c1ccc(Br)cc1. The Balaban J connectivity index is 1.72. The molecule has 134 valence electrons. The van der Waals surface area contributed by atoms with Crippen LogP contribution >= 0.6 is 15.9 Å². The van der Waals surface area contributed by atoms with Gasteiger partial charge in [-0.2, -0.15) is 0 Å². The van der Waals surface area contributed by atoms with Crippen molar-refractivity contribution in [2.45, 2.75) is 32.2 Å². The monoisotopic (exact) mass is 414 g/mol. The van der Waals surface area contributed by atoms with Crippen molar-refractivity contribution in [1.29, 1.82) is 0 Å². The van der Waals surface area contributed by atoms with E-state index in [0.29, 0.717) is 11.3 Å². The Bertz CT molecular complexity index is 815. The highest BCUT2D eigenvalue weighted by atomic mass is 79.9. The van der Waals surface area contributed by atoms with Gasteiger partial charge in [-0.3, -0.25) is 19.3 Å². The van der Waals surface area contributed by atoms with Gasteiger partial charge >= 0.3 is 0 Å². The smallest absolute Gasteiger partial charge is 0.251 e. The quantitative estimate of drug-likeness (QED) is 0.752. The average Bonchev–Trinajstić information content (AvgIpc) is 2.99. The first kappa shape index (κ1) is 18.3. The molecule has 1 N–H and O–H groups in total. The summed E-state index contributed by atoms with van der Waals surface area (Å²) in [5.74, 6) is -0.590. The number of imide groups is 1.